The molecule has 0 atom stereocenters. The molecule has 2 aliphatic rings. The fourth-order valence-corrected chi connectivity index (χ4v) is 4.02. The van der Waals surface area contributed by atoms with Gasteiger partial charge in [0.05, 0.1) is 11.1 Å². The van der Waals surface area contributed by atoms with Gasteiger partial charge in [-0.1, -0.05) is 25.1 Å². The van der Waals surface area contributed by atoms with Gasteiger partial charge in [0.2, 0.25) is 0 Å². The molecule has 0 radical (unpaired) electrons. The van der Waals surface area contributed by atoms with E-state index < -0.39 is 23.3 Å². The molecule has 1 amide bonds. The van der Waals surface area contributed by atoms with Gasteiger partial charge in [0.15, 0.2) is 0 Å². The molecule has 1 fully saturated rings. The molecule has 1 aromatic carbocycles. The number of nitrogens with one attached hydrogen (secondary N) is 1. The number of carbonyl (C=O) groups excluding carboxylic acids is 2. The minimum Gasteiger partial charge on any atom is -0.450 e. The molecule has 0 unspecified atom stereocenters. The Kier molecular flexibility index (Phi) is 6.03. The Morgan fingerprint density at radius 1 is 1.28 bits per heavy atom. The van der Waals surface area contributed by atoms with Crippen molar-refractivity contribution in [2.75, 3.05) is 26.2 Å². The van der Waals surface area contributed by atoms with Crippen LogP contribution in [0.5, 0.6) is 0 Å². The topological polar surface area (TPSA) is 58.6 Å². The molecule has 0 bridgehead atoms. The fraction of sp³-hybridized carbons (Fsp3) is 0.524. The first-order valence-corrected chi connectivity index (χ1v) is 9.77. The van der Waals surface area contributed by atoms with E-state index in [1.165, 1.54) is 6.07 Å². The van der Waals surface area contributed by atoms with E-state index in [1.807, 2.05) is 0 Å². The largest absolute Gasteiger partial charge is 0.450 e. The Balaban J connectivity index is 1.66. The van der Waals surface area contributed by atoms with E-state index in [2.05, 4.69) is 17.1 Å². The summed E-state index contributed by atoms with van der Waals surface area (Å²) in [6, 6.07) is 5.05. The van der Waals surface area contributed by atoms with Crippen LogP contribution in [0.4, 0.5) is 13.2 Å². The monoisotopic (exact) mass is 410 g/mol. The van der Waals surface area contributed by atoms with Gasteiger partial charge in [0.25, 0.3) is 5.91 Å². The Morgan fingerprint density at radius 3 is 2.59 bits per heavy atom. The van der Waals surface area contributed by atoms with E-state index in [1.54, 1.807) is 13.0 Å². The summed E-state index contributed by atoms with van der Waals surface area (Å²) in [7, 11) is 0. The third-order valence-corrected chi connectivity index (χ3v) is 5.72. The first kappa shape index (κ1) is 21.4. The van der Waals surface area contributed by atoms with E-state index in [0.29, 0.717) is 29.6 Å². The number of halogens is 3. The Hall–Kier alpha value is -2.35. The van der Waals surface area contributed by atoms with Crippen molar-refractivity contribution in [1.82, 2.24) is 10.2 Å². The first-order valence-electron chi connectivity index (χ1n) is 9.77. The first-order chi connectivity index (χ1) is 13.7. The average Bonchev–Trinajstić information content (AvgIpc) is 2.91. The zero-order chi connectivity index (χ0) is 21.2. The summed E-state index contributed by atoms with van der Waals surface area (Å²) >= 11 is 0. The van der Waals surface area contributed by atoms with Gasteiger partial charge in [-0.25, -0.2) is 4.79 Å². The molecule has 0 aromatic heterocycles. The third kappa shape index (κ3) is 4.47. The molecule has 158 valence electrons. The van der Waals surface area contributed by atoms with Crippen LogP contribution in [0.25, 0.3) is 0 Å². The smallest absolute Gasteiger partial charge is 0.416 e. The summed E-state index contributed by atoms with van der Waals surface area (Å²) in [4.78, 5) is 27.2. The van der Waals surface area contributed by atoms with Gasteiger partial charge in [-0.2, -0.15) is 13.2 Å². The number of ether oxygens (including phenoxy) is 1. The molecular weight excluding hydrogens is 385 g/mol. The van der Waals surface area contributed by atoms with Gasteiger partial charge in [-0.3, -0.25) is 4.79 Å². The van der Waals surface area contributed by atoms with Crippen LogP contribution in [0.1, 0.15) is 37.8 Å². The van der Waals surface area contributed by atoms with Crippen LogP contribution in [0.2, 0.25) is 0 Å². The predicted octanol–water partition coefficient (Wildman–Crippen LogP) is 3.09. The number of hydrogen-bond acceptors (Lipinski definition) is 4. The fourth-order valence-electron chi connectivity index (χ4n) is 4.02. The summed E-state index contributed by atoms with van der Waals surface area (Å²) in [5.41, 5.74) is -0.451. The highest BCUT2D eigenvalue weighted by Gasteiger charge is 2.50. The van der Waals surface area contributed by atoms with E-state index in [9.17, 15) is 22.8 Å². The number of esters is 1. The number of carbonyl (C=O) groups is 2. The number of nitrogens with zero attached hydrogens (tertiary/aromatic N) is 1. The number of piperidine rings is 1. The van der Waals surface area contributed by atoms with E-state index in [0.717, 1.165) is 31.8 Å². The molecule has 2 aliphatic heterocycles. The maximum atomic E-state index is 12.8. The lowest BCUT2D eigenvalue weighted by Crippen LogP contribution is -2.48. The number of amides is 1. The van der Waals surface area contributed by atoms with Crippen LogP contribution in [0.3, 0.4) is 0 Å². The van der Waals surface area contributed by atoms with Crippen LogP contribution in [0, 0.1) is 0 Å². The van der Waals surface area contributed by atoms with Crippen LogP contribution >= 0.6 is 0 Å². The molecule has 2 heterocycles. The molecule has 29 heavy (non-hydrogen) atoms. The van der Waals surface area contributed by atoms with Gasteiger partial charge in [-0.05, 0) is 31.5 Å². The van der Waals surface area contributed by atoms with Crippen LogP contribution in [-0.4, -0.2) is 48.6 Å². The number of rotatable bonds is 5. The lowest BCUT2D eigenvalue weighted by Gasteiger charge is -2.39. The molecule has 1 spiro atoms. The standard InChI is InChI=1S/C21H25F3N2O3/c1-3-26-11-8-20(9-12-26)17(14(2)19(28)29-20)18(27)25-10-7-15-5-4-6-16(13-15)21(22,23)24/h4-6,13H,3,7-12H2,1-2H3,(H,25,27). The summed E-state index contributed by atoms with van der Waals surface area (Å²) < 4.78 is 44.1. The quantitative estimate of drug-likeness (QED) is 0.758. The summed E-state index contributed by atoms with van der Waals surface area (Å²) in [5, 5.41) is 2.76. The van der Waals surface area contributed by atoms with E-state index in [4.69, 9.17) is 4.74 Å². The summed E-state index contributed by atoms with van der Waals surface area (Å²) in [5.74, 6) is -0.858. The second-order valence-corrected chi connectivity index (χ2v) is 7.52. The van der Waals surface area contributed by atoms with Crippen molar-refractivity contribution in [1.29, 1.82) is 0 Å². The molecular formula is C21H25F3N2O3. The summed E-state index contributed by atoms with van der Waals surface area (Å²) in [6.07, 6.45) is -3.03. The number of likely N-dealkylation sites (tertiary alicyclic amines) is 1. The molecule has 3 rings (SSSR count). The third-order valence-electron chi connectivity index (χ3n) is 5.72. The lowest BCUT2D eigenvalue weighted by molar-refractivity contribution is -0.150. The highest BCUT2D eigenvalue weighted by atomic mass is 19.4. The molecule has 8 heteroatoms. The van der Waals surface area contributed by atoms with Crippen molar-refractivity contribution in [2.24, 2.45) is 0 Å². The molecule has 5 nitrogen and oxygen atoms in total. The molecule has 0 aliphatic carbocycles. The Bertz CT molecular complexity index is 825. The molecule has 0 saturated carbocycles. The van der Waals surface area contributed by atoms with Crippen molar-refractivity contribution in [3.63, 3.8) is 0 Å². The van der Waals surface area contributed by atoms with Gasteiger partial charge < -0.3 is 15.0 Å². The average molecular weight is 410 g/mol. The van der Waals surface area contributed by atoms with Crippen molar-refractivity contribution in [3.8, 4) is 0 Å². The normalized spacial score (nSPS) is 19.6. The Labute approximate surface area is 167 Å². The van der Waals surface area contributed by atoms with E-state index >= 15 is 0 Å². The van der Waals surface area contributed by atoms with Gasteiger partial charge in [0, 0.05) is 38.0 Å². The maximum Gasteiger partial charge on any atom is 0.416 e. The number of hydrogen-bond donors (Lipinski definition) is 1. The Morgan fingerprint density at radius 2 is 1.97 bits per heavy atom. The minimum absolute atomic E-state index is 0.169. The zero-order valence-electron chi connectivity index (χ0n) is 16.6. The number of alkyl halides is 3. The predicted molar refractivity (Wildman–Crippen MR) is 101 cm³/mol. The number of benzene rings is 1. The molecule has 1 aromatic rings. The summed E-state index contributed by atoms with van der Waals surface area (Å²) in [6.45, 7) is 6.18. The zero-order valence-corrected chi connectivity index (χ0v) is 16.6. The molecule has 1 saturated heterocycles. The van der Waals surface area contributed by atoms with Gasteiger partial charge in [0.1, 0.15) is 5.60 Å². The minimum atomic E-state index is -4.40. The maximum absolute atomic E-state index is 12.8. The van der Waals surface area contributed by atoms with Crippen LogP contribution in [-0.2, 0) is 26.9 Å². The van der Waals surface area contributed by atoms with Crippen molar-refractivity contribution in [3.05, 3.63) is 46.5 Å². The van der Waals surface area contributed by atoms with Crippen molar-refractivity contribution < 1.29 is 27.5 Å². The highest BCUT2D eigenvalue weighted by molar-refractivity contribution is 6.07. The second kappa shape index (κ2) is 8.18. The van der Waals surface area contributed by atoms with E-state index in [-0.39, 0.29) is 18.9 Å². The van der Waals surface area contributed by atoms with Crippen LogP contribution < -0.4 is 5.32 Å². The lowest BCUT2D eigenvalue weighted by atomic mass is 9.82. The van der Waals surface area contributed by atoms with Crippen molar-refractivity contribution >= 4 is 11.9 Å². The van der Waals surface area contributed by atoms with Gasteiger partial charge >= 0.3 is 12.1 Å². The van der Waals surface area contributed by atoms with Crippen LogP contribution in [0.15, 0.2) is 35.4 Å². The molecule has 1 N–H and O–H groups in total. The second-order valence-electron chi connectivity index (χ2n) is 7.52. The van der Waals surface area contributed by atoms with Crippen molar-refractivity contribution in [2.45, 2.75) is 44.9 Å². The SMILES string of the molecule is CCN1CCC2(CC1)OC(=O)C(C)=C2C(=O)NCCc1cccc(C(F)(F)F)c1. The van der Waals surface area contributed by atoms with Gasteiger partial charge in [-0.15, -0.1) is 0 Å². The highest BCUT2D eigenvalue weighted by Crippen LogP contribution is 2.41.